The van der Waals surface area contributed by atoms with Crippen molar-refractivity contribution in [2.75, 3.05) is 20.1 Å². The number of hydrogen-bond acceptors (Lipinski definition) is 2. The van der Waals surface area contributed by atoms with Crippen molar-refractivity contribution in [3.8, 4) is 0 Å². The van der Waals surface area contributed by atoms with Crippen LogP contribution in [0.2, 0.25) is 5.02 Å². The lowest BCUT2D eigenvalue weighted by Crippen LogP contribution is -2.28. The van der Waals surface area contributed by atoms with Crippen molar-refractivity contribution in [3.63, 3.8) is 0 Å². The van der Waals surface area contributed by atoms with Gasteiger partial charge in [0.1, 0.15) is 0 Å². The van der Waals surface area contributed by atoms with Gasteiger partial charge in [-0.15, -0.1) is 0 Å². The molecule has 0 unspecified atom stereocenters. The van der Waals surface area contributed by atoms with Gasteiger partial charge in [-0.25, -0.2) is 0 Å². The van der Waals surface area contributed by atoms with Gasteiger partial charge in [-0.1, -0.05) is 23.7 Å². The molecule has 4 N–H and O–H groups in total. The number of carbonyl (C=O) groups excluding carboxylic acids is 1. The molecule has 0 saturated carbocycles. The number of guanidine groups is 1. The van der Waals surface area contributed by atoms with Crippen LogP contribution >= 0.6 is 11.6 Å². The Bertz CT molecular complexity index is 513. The first-order valence-electron chi connectivity index (χ1n) is 6.05. The fourth-order valence-corrected chi connectivity index (χ4v) is 2.73. The molecule has 0 aliphatic carbocycles. The summed E-state index contributed by atoms with van der Waals surface area (Å²) >= 11 is 6.01. The van der Waals surface area contributed by atoms with Crippen molar-refractivity contribution in [2.45, 2.75) is 5.92 Å². The van der Waals surface area contributed by atoms with E-state index in [-0.39, 0.29) is 23.7 Å². The fraction of sp³-hybridized carbons (Fsp3) is 0.385. The molecule has 1 heterocycles. The molecule has 1 saturated heterocycles. The summed E-state index contributed by atoms with van der Waals surface area (Å²) in [6.45, 7) is 1.43. The van der Waals surface area contributed by atoms with Crippen molar-refractivity contribution in [3.05, 3.63) is 34.9 Å². The number of likely N-dealkylation sites (tertiary alicyclic amines) is 1. The van der Waals surface area contributed by atoms with E-state index in [9.17, 15) is 4.79 Å². The predicted molar refractivity (Wildman–Crippen MR) is 76.0 cm³/mol. The van der Waals surface area contributed by atoms with Gasteiger partial charge in [-0.3, -0.25) is 4.79 Å². The minimum atomic E-state index is -0.269. The number of halogens is 1. The van der Waals surface area contributed by atoms with Crippen LogP contribution < -0.4 is 11.5 Å². The molecule has 0 aromatic heterocycles. The average Bonchev–Trinajstić information content (AvgIpc) is 2.70. The van der Waals surface area contributed by atoms with Crippen LogP contribution in [-0.4, -0.2) is 36.9 Å². The fourth-order valence-electron chi connectivity index (χ4n) is 2.54. The van der Waals surface area contributed by atoms with Gasteiger partial charge in [0.2, 0.25) is 0 Å². The number of likely N-dealkylation sites (N-methyl/N-ethyl adjacent to an activating group) is 1. The van der Waals surface area contributed by atoms with Gasteiger partial charge in [-0.2, -0.15) is 4.99 Å². The molecule has 1 aromatic carbocycles. The van der Waals surface area contributed by atoms with E-state index in [4.69, 9.17) is 23.1 Å². The van der Waals surface area contributed by atoms with Crippen molar-refractivity contribution in [1.29, 1.82) is 0 Å². The predicted octanol–water partition coefficient (Wildman–Crippen LogP) is 0.785. The summed E-state index contributed by atoms with van der Waals surface area (Å²) in [4.78, 5) is 17.8. The highest BCUT2D eigenvalue weighted by atomic mass is 35.5. The van der Waals surface area contributed by atoms with Crippen LogP contribution in [0, 0.1) is 5.92 Å². The normalized spacial score (nSPS) is 23.3. The molecule has 19 heavy (non-hydrogen) atoms. The Balaban J connectivity index is 2.27. The number of aliphatic imine (C=N–C) groups is 1. The molecule has 1 aromatic rings. The molecular weight excluding hydrogens is 264 g/mol. The summed E-state index contributed by atoms with van der Waals surface area (Å²) in [6, 6.07) is 7.57. The number of nitrogens with two attached hydrogens (primary N) is 2. The van der Waals surface area contributed by atoms with Crippen molar-refractivity contribution in [1.82, 2.24) is 4.90 Å². The third kappa shape index (κ3) is 3.24. The molecule has 102 valence electrons. The van der Waals surface area contributed by atoms with Gasteiger partial charge < -0.3 is 16.4 Å². The topological polar surface area (TPSA) is 84.7 Å². The Labute approximate surface area is 117 Å². The third-order valence-corrected chi connectivity index (χ3v) is 3.57. The van der Waals surface area contributed by atoms with Gasteiger partial charge in [0.15, 0.2) is 5.96 Å². The van der Waals surface area contributed by atoms with E-state index >= 15 is 0 Å². The standard InChI is InChI=1S/C13H17ClN4O/c1-18-6-10(8-3-2-4-9(14)5-8)11(7-18)12(19)17-13(15)16/h2-5,10-11H,6-7H2,1H3,(H4,15,16,17,19)/t10-,11+/m1/s1. The SMILES string of the molecule is CN1C[C@H](C(=O)N=C(N)N)[C@@H](c2cccc(Cl)c2)C1. The zero-order valence-corrected chi connectivity index (χ0v) is 11.5. The van der Waals surface area contributed by atoms with Crippen LogP contribution in [0.4, 0.5) is 0 Å². The molecule has 0 radical (unpaired) electrons. The molecule has 1 aliphatic heterocycles. The first kappa shape index (κ1) is 13.8. The quantitative estimate of drug-likeness (QED) is 0.619. The summed E-state index contributed by atoms with van der Waals surface area (Å²) in [5, 5.41) is 0.667. The van der Waals surface area contributed by atoms with E-state index in [2.05, 4.69) is 9.89 Å². The maximum atomic E-state index is 12.1. The van der Waals surface area contributed by atoms with E-state index in [1.807, 2.05) is 31.3 Å². The van der Waals surface area contributed by atoms with E-state index in [0.717, 1.165) is 12.1 Å². The van der Waals surface area contributed by atoms with Gasteiger partial charge in [-0.05, 0) is 24.7 Å². The highest BCUT2D eigenvalue weighted by Crippen LogP contribution is 2.33. The monoisotopic (exact) mass is 280 g/mol. The van der Waals surface area contributed by atoms with E-state index in [1.165, 1.54) is 0 Å². The van der Waals surface area contributed by atoms with E-state index < -0.39 is 0 Å². The molecule has 5 nitrogen and oxygen atoms in total. The largest absolute Gasteiger partial charge is 0.370 e. The molecule has 1 aliphatic rings. The minimum Gasteiger partial charge on any atom is -0.370 e. The van der Waals surface area contributed by atoms with Crippen LogP contribution in [0.1, 0.15) is 11.5 Å². The molecular formula is C13H17ClN4O. The minimum absolute atomic E-state index is 0.0688. The average molecular weight is 281 g/mol. The van der Waals surface area contributed by atoms with Crippen LogP contribution in [0.3, 0.4) is 0 Å². The van der Waals surface area contributed by atoms with E-state index in [0.29, 0.717) is 11.6 Å². The highest BCUT2D eigenvalue weighted by Gasteiger charge is 2.37. The van der Waals surface area contributed by atoms with Crippen molar-refractivity contribution in [2.24, 2.45) is 22.4 Å². The van der Waals surface area contributed by atoms with Crippen molar-refractivity contribution >= 4 is 23.5 Å². The lowest BCUT2D eigenvalue weighted by atomic mass is 9.88. The maximum Gasteiger partial charge on any atom is 0.253 e. The van der Waals surface area contributed by atoms with E-state index in [1.54, 1.807) is 0 Å². The second-order valence-electron chi connectivity index (χ2n) is 4.86. The molecule has 1 amide bonds. The highest BCUT2D eigenvalue weighted by molar-refractivity contribution is 6.30. The van der Waals surface area contributed by atoms with Gasteiger partial charge in [0.05, 0.1) is 5.92 Å². The first-order chi connectivity index (χ1) is 8.97. The zero-order valence-electron chi connectivity index (χ0n) is 10.7. The molecule has 2 rings (SSSR count). The summed E-state index contributed by atoms with van der Waals surface area (Å²) in [5.74, 6) is -0.622. The molecule has 1 fully saturated rings. The van der Waals surface area contributed by atoms with Crippen LogP contribution in [0.25, 0.3) is 0 Å². The Morgan fingerprint density at radius 1 is 1.42 bits per heavy atom. The molecule has 0 bridgehead atoms. The lowest BCUT2D eigenvalue weighted by Gasteiger charge is -2.16. The number of hydrogen-bond donors (Lipinski definition) is 2. The third-order valence-electron chi connectivity index (χ3n) is 3.34. The Morgan fingerprint density at radius 2 is 2.16 bits per heavy atom. The Morgan fingerprint density at radius 3 is 2.79 bits per heavy atom. The van der Waals surface area contributed by atoms with Gasteiger partial charge in [0, 0.05) is 24.0 Å². The Hall–Kier alpha value is -1.59. The van der Waals surface area contributed by atoms with Crippen molar-refractivity contribution < 1.29 is 4.79 Å². The molecule has 0 spiro atoms. The van der Waals surface area contributed by atoms with Gasteiger partial charge >= 0.3 is 0 Å². The molecule has 2 atom stereocenters. The number of benzene rings is 1. The van der Waals surface area contributed by atoms with Gasteiger partial charge in [0.25, 0.3) is 5.91 Å². The second kappa shape index (κ2) is 5.59. The van der Waals surface area contributed by atoms with Crippen LogP contribution in [0.15, 0.2) is 29.3 Å². The summed E-state index contributed by atoms with van der Waals surface area (Å²) in [7, 11) is 1.97. The summed E-state index contributed by atoms with van der Waals surface area (Å²) < 4.78 is 0. The first-order valence-corrected chi connectivity index (χ1v) is 6.42. The number of rotatable bonds is 2. The van der Waals surface area contributed by atoms with Crippen LogP contribution in [0.5, 0.6) is 0 Å². The summed E-state index contributed by atoms with van der Waals surface area (Å²) in [6.07, 6.45) is 0. The number of amides is 1. The smallest absolute Gasteiger partial charge is 0.253 e. The zero-order chi connectivity index (χ0) is 14.0. The molecule has 6 heteroatoms. The lowest BCUT2D eigenvalue weighted by molar-refractivity contribution is -0.121. The maximum absolute atomic E-state index is 12.1. The van der Waals surface area contributed by atoms with Crippen LogP contribution in [-0.2, 0) is 4.79 Å². The number of nitrogens with zero attached hydrogens (tertiary/aromatic N) is 2. The second-order valence-corrected chi connectivity index (χ2v) is 5.30. The summed E-state index contributed by atoms with van der Waals surface area (Å²) in [5.41, 5.74) is 11.6. The number of carbonyl (C=O) groups is 1. The Kier molecular flexibility index (Phi) is 4.07.